The summed E-state index contributed by atoms with van der Waals surface area (Å²) in [6.07, 6.45) is 1.66. The van der Waals surface area contributed by atoms with E-state index in [-0.39, 0.29) is 23.6 Å². The lowest BCUT2D eigenvalue weighted by molar-refractivity contribution is 0.183. The summed E-state index contributed by atoms with van der Waals surface area (Å²) in [5.74, 6) is 0. The number of urea groups is 2. The van der Waals surface area contributed by atoms with Gasteiger partial charge in [-0.15, -0.1) is 0 Å². The van der Waals surface area contributed by atoms with E-state index in [4.69, 9.17) is 23.2 Å². The monoisotopic (exact) mass is 341 g/mol. The number of carbonyl (C=O) groups is 2. The molecule has 2 aliphatic rings. The average Bonchev–Trinajstić information content (AvgIpc) is 3.07. The summed E-state index contributed by atoms with van der Waals surface area (Å²) in [4.78, 5) is 28.0. The lowest BCUT2D eigenvalue weighted by Gasteiger charge is -2.22. The first-order valence-electron chi connectivity index (χ1n) is 7.21. The van der Waals surface area contributed by atoms with Crippen LogP contribution < -0.4 is 10.2 Å². The third kappa shape index (κ3) is 2.63. The van der Waals surface area contributed by atoms with Crippen molar-refractivity contribution >= 4 is 41.0 Å². The highest BCUT2D eigenvalue weighted by molar-refractivity contribution is 6.35. The number of nitrogens with zero attached hydrogens (tertiary/aromatic N) is 2. The summed E-state index contributed by atoms with van der Waals surface area (Å²) in [7, 11) is 0. The molecule has 1 saturated carbocycles. The Kier molecular flexibility index (Phi) is 3.73. The van der Waals surface area contributed by atoms with E-state index in [0.29, 0.717) is 22.3 Å². The minimum absolute atomic E-state index is 0.0224. The van der Waals surface area contributed by atoms with Crippen LogP contribution in [-0.4, -0.2) is 35.1 Å². The first kappa shape index (κ1) is 15.4. The number of benzene rings is 1. The third-order valence-corrected chi connectivity index (χ3v) is 4.39. The molecule has 1 saturated heterocycles. The number of nitrogens with one attached hydrogen (secondary N) is 1. The zero-order chi connectivity index (χ0) is 16.1. The molecule has 1 aromatic rings. The second kappa shape index (κ2) is 5.32. The molecule has 1 aliphatic carbocycles. The first-order chi connectivity index (χ1) is 10.3. The molecule has 1 aromatic carbocycles. The fourth-order valence-corrected chi connectivity index (χ4v) is 3.31. The fraction of sp³-hybridized carbons (Fsp3) is 0.467. The molecule has 1 spiro atoms. The van der Waals surface area contributed by atoms with Crippen LogP contribution in [0.15, 0.2) is 18.2 Å². The number of halogens is 2. The van der Waals surface area contributed by atoms with Crippen molar-refractivity contribution in [1.82, 2.24) is 10.2 Å². The Balaban J connectivity index is 1.90. The molecule has 1 aliphatic heterocycles. The normalized spacial score (nSPS) is 19.2. The molecule has 1 heterocycles. The molecule has 2 fully saturated rings. The number of imide groups is 1. The van der Waals surface area contributed by atoms with Gasteiger partial charge < -0.3 is 5.32 Å². The number of carbonyl (C=O) groups excluding carboxylic acids is 2. The van der Waals surface area contributed by atoms with Crippen LogP contribution in [0, 0.1) is 0 Å². The van der Waals surface area contributed by atoms with Gasteiger partial charge in [-0.05, 0) is 44.9 Å². The van der Waals surface area contributed by atoms with Crippen LogP contribution in [0.5, 0.6) is 0 Å². The second-order valence-electron chi connectivity index (χ2n) is 6.16. The zero-order valence-corrected chi connectivity index (χ0v) is 13.9. The first-order valence-corrected chi connectivity index (χ1v) is 7.96. The molecule has 22 heavy (non-hydrogen) atoms. The summed E-state index contributed by atoms with van der Waals surface area (Å²) >= 11 is 12.0. The molecule has 0 bridgehead atoms. The Morgan fingerprint density at radius 3 is 2.32 bits per heavy atom. The van der Waals surface area contributed by atoms with Crippen LogP contribution in [0.2, 0.25) is 10.0 Å². The summed E-state index contributed by atoms with van der Waals surface area (Å²) in [6, 6.07) is 4.30. The Morgan fingerprint density at radius 2 is 1.82 bits per heavy atom. The SMILES string of the molecule is CC(C)NC(=O)N1C(=O)N(c2cc(Cl)cc(Cl)c2)CC12CC2. The Labute approximate surface area is 139 Å². The van der Waals surface area contributed by atoms with Crippen LogP contribution in [0.4, 0.5) is 15.3 Å². The molecular formula is C15H17Cl2N3O2. The minimum Gasteiger partial charge on any atom is -0.335 e. The van der Waals surface area contributed by atoms with Crippen molar-refractivity contribution in [2.45, 2.75) is 38.3 Å². The van der Waals surface area contributed by atoms with Crippen LogP contribution in [0.25, 0.3) is 0 Å². The van der Waals surface area contributed by atoms with E-state index in [1.165, 1.54) is 4.90 Å². The zero-order valence-electron chi connectivity index (χ0n) is 12.4. The minimum atomic E-state index is -0.384. The summed E-state index contributed by atoms with van der Waals surface area (Å²) < 4.78 is 0. The predicted octanol–water partition coefficient (Wildman–Crippen LogP) is 3.89. The molecule has 0 atom stereocenters. The van der Waals surface area contributed by atoms with Crippen molar-refractivity contribution in [2.24, 2.45) is 0 Å². The second-order valence-corrected chi connectivity index (χ2v) is 7.03. The van der Waals surface area contributed by atoms with Gasteiger partial charge in [-0.2, -0.15) is 0 Å². The third-order valence-electron chi connectivity index (χ3n) is 3.95. The molecule has 7 heteroatoms. The average molecular weight is 342 g/mol. The van der Waals surface area contributed by atoms with Gasteiger partial charge in [0.15, 0.2) is 0 Å². The van der Waals surface area contributed by atoms with Crippen molar-refractivity contribution in [3.05, 3.63) is 28.2 Å². The van der Waals surface area contributed by atoms with E-state index in [1.54, 1.807) is 23.1 Å². The highest BCUT2D eigenvalue weighted by Gasteiger charge is 2.60. The van der Waals surface area contributed by atoms with Crippen LogP contribution in [0.1, 0.15) is 26.7 Å². The maximum atomic E-state index is 12.7. The predicted molar refractivity (Wildman–Crippen MR) is 86.7 cm³/mol. The molecule has 118 valence electrons. The molecule has 0 unspecified atom stereocenters. The number of amides is 4. The van der Waals surface area contributed by atoms with Crippen LogP contribution >= 0.6 is 23.2 Å². The number of anilines is 1. The molecular weight excluding hydrogens is 325 g/mol. The van der Waals surface area contributed by atoms with Gasteiger partial charge in [-0.1, -0.05) is 23.2 Å². The number of hydrogen-bond donors (Lipinski definition) is 1. The maximum Gasteiger partial charge on any atom is 0.333 e. The highest BCUT2D eigenvalue weighted by atomic mass is 35.5. The maximum absolute atomic E-state index is 12.7. The van der Waals surface area contributed by atoms with Crippen LogP contribution in [-0.2, 0) is 0 Å². The van der Waals surface area contributed by atoms with Crippen molar-refractivity contribution in [3.8, 4) is 0 Å². The standard InChI is InChI=1S/C15H17Cl2N3O2/c1-9(2)18-13(21)20-14(22)19(8-15(20)3-4-15)12-6-10(16)5-11(17)7-12/h5-7,9H,3-4,8H2,1-2H3,(H,18,21). The Hall–Kier alpha value is -1.46. The van der Waals surface area contributed by atoms with E-state index in [0.717, 1.165) is 12.8 Å². The molecule has 3 rings (SSSR count). The highest BCUT2D eigenvalue weighted by Crippen LogP contribution is 2.48. The molecule has 5 nitrogen and oxygen atoms in total. The summed E-state index contributed by atoms with van der Waals surface area (Å²) in [6.45, 7) is 4.22. The van der Waals surface area contributed by atoms with Gasteiger partial charge in [-0.3, -0.25) is 4.90 Å². The van der Waals surface area contributed by atoms with Gasteiger partial charge in [0.25, 0.3) is 0 Å². The quantitative estimate of drug-likeness (QED) is 0.887. The Morgan fingerprint density at radius 1 is 1.23 bits per heavy atom. The topological polar surface area (TPSA) is 52.7 Å². The van der Waals surface area contributed by atoms with Crippen molar-refractivity contribution in [1.29, 1.82) is 0 Å². The van der Waals surface area contributed by atoms with E-state index < -0.39 is 0 Å². The number of hydrogen-bond acceptors (Lipinski definition) is 2. The van der Waals surface area contributed by atoms with Crippen molar-refractivity contribution in [2.75, 3.05) is 11.4 Å². The molecule has 4 amide bonds. The van der Waals surface area contributed by atoms with Gasteiger partial charge >= 0.3 is 12.1 Å². The Bertz CT molecular complexity index is 623. The van der Waals surface area contributed by atoms with E-state index in [9.17, 15) is 9.59 Å². The van der Waals surface area contributed by atoms with Crippen LogP contribution in [0.3, 0.4) is 0 Å². The van der Waals surface area contributed by atoms with E-state index >= 15 is 0 Å². The summed E-state index contributed by atoms with van der Waals surface area (Å²) in [5, 5.41) is 3.72. The van der Waals surface area contributed by atoms with E-state index in [1.807, 2.05) is 13.8 Å². The summed E-state index contributed by atoms with van der Waals surface area (Å²) in [5.41, 5.74) is 0.235. The van der Waals surface area contributed by atoms with Gasteiger partial charge in [0.05, 0.1) is 12.1 Å². The lowest BCUT2D eigenvalue weighted by atomic mass is 10.2. The van der Waals surface area contributed by atoms with Crippen molar-refractivity contribution < 1.29 is 9.59 Å². The smallest absolute Gasteiger partial charge is 0.333 e. The fourth-order valence-electron chi connectivity index (χ4n) is 2.79. The van der Waals surface area contributed by atoms with Gasteiger partial charge in [0.2, 0.25) is 0 Å². The molecule has 0 aromatic heterocycles. The molecule has 1 N–H and O–H groups in total. The largest absolute Gasteiger partial charge is 0.335 e. The lowest BCUT2D eigenvalue weighted by Crippen LogP contribution is -2.49. The number of rotatable bonds is 2. The van der Waals surface area contributed by atoms with Gasteiger partial charge in [-0.25, -0.2) is 14.5 Å². The van der Waals surface area contributed by atoms with E-state index in [2.05, 4.69) is 5.32 Å². The van der Waals surface area contributed by atoms with Gasteiger partial charge in [0, 0.05) is 21.8 Å². The van der Waals surface area contributed by atoms with Crippen molar-refractivity contribution in [3.63, 3.8) is 0 Å². The van der Waals surface area contributed by atoms with Gasteiger partial charge in [0.1, 0.15) is 0 Å². The molecule has 0 radical (unpaired) electrons.